The zero-order valence-electron chi connectivity index (χ0n) is 12.6. The molecule has 0 saturated heterocycles. The minimum Gasteiger partial charge on any atom is -0.368 e. The molecule has 1 amide bonds. The van der Waals surface area contributed by atoms with Crippen molar-refractivity contribution < 1.29 is 9.53 Å². The van der Waals surface area contributed by atoms with E-state index in [0.29, 0.717) is 25.6 Å². The van der Waals surface area contributed by atoms with Crippen molar-refractivity contribution >= 4 is 5.91 Å². The summed E-state index contributed by atoms with van der Waals surface area (Å²) >= 11 is 0. The first-order valence-electron chi connectivity index (χ1n) is 7.71. The molecule has 0 aliphatic heterocycles. The summed E-state index contributed by atoms with van der Waals surface area (Å²) in [5.41, 5.74) is 0.0173. The van der Waals surface area contributed by atoms with E-state index >= 15 is 0 Å². The Labute approximate surface area is 125 Å². The fourth-order valence-electron chi connectivity index (χ4n) is 2.05. The van der Waals surface area contributed by atoms with Crippen molar-refractivity contribution in [1.82, 2.24) is 9.88 Å². The van der Waals surface area contributed by atoms with Crippen molar-refractivity contribution in [3.8, 4) is 0 Å². The summed E-state index contributed by atoms with van der Waals surface area (Å²) in [4.78, 5) is 23.3. The van der Waals surface area contributed by atoms with Crippen molar-refractivity contribution in [2.45, 2.75) is 45.3 Å². The molecule has 5 nitrogen and oxygen atoms in total. The summed E-state index contributed by atoms with van der Waals surface area (Å²) in [6, 6.07) is 5.14. The van der Waals surface area contributed by atoms with Gasteiger partial charge in [-0.25, -0.2) is 0 Å². The maximum Gasteiger partial charge on any atom is 0.250 e. The lowest BCUT2D eigenvalue weighted by Crippen LogP contribution is -2.35. The highest BCUT2D eigenvalue weighted by Gasteiger charge is 2.23. The van der Waals surface area contributed by atoms with E-state index in [1.165, 1.54) is 12.8 Å². The number of aryl methyl sites for hydroxylation is 1. The number of amides is 1. The van der Waals surface area contributed by atoms with Gasteiger partial charge in [-0.2, -0.15) is 0 Å². The van der Waals surface area contributed by atoms with Crippen LogP contribution in [0.4, 0.5) is 0 Å². The summed E-state index contributed by atoms with van der Waals surface area (Å²) in [6.07, 6.45) is 5.58. The van der Waals surface area contributed by atoms with E-state index in [-0.39, 0.29) is 17.6 Å². The SMILES string of the molecule is CC(OCC1CC1)C(=O)NCCCCn1ccccc1=O. The Morgan fingerprint density at radius 2 is 2.24 bits per heavy atom. The minimum absolute atomic E-state index is 0.0173. The van der Waals surface area contributed by atoms with Crippen LogP contribution < -0.4 is 10.9 Å². The third-order valence-corrected chi connectivity index (χ3v) is 3.67. The average molecular weight is 292 g/mol. The molecule has 21 heavy (non-hydrogen) atoms. The second kappa shape index (κ2) is 7.98. The highest BCUT2D eigenvalue weighted by atomic mass is 16.5. The number of rotatable bonds is 9. The maximum atomic E-state index is 11.8. The van der Waals surface area contributed by atoms with Crippen molar-refractivity contribution in [3.63, 3.8) is 0 Å². The summed E-state index contributed by atoms with van der Waals surface area (Å²) in [5, 5.41) is 2.88. The number of nitrogens with zero attached hydrogens (tertiary/aromatic N) is 1. The molecule has 1 aromatic heterocycles. The number of carbonyl (C=O) groups is 1. The maximum absolute atomic E-state index is 11.8. The topological polar surface area (TPSA) is 60.3 Å². The van der Waals surface area contributed by atoms with Gasteiger partial charge in [-0.1, -0.05) is 6.07 Å². The zero-order chi connectivity index (χ0) is 15.1. The third kappa shape index (κ3) is 5.71. The Morgan fingerprint density at radius 1 is 1.43 bits per heavy atom. The molecular formula is C16H24N2O3. The Bertz CT molecular complexity index is 508. The Morgan fingerprint density at radius 3 is 2.95 bits per heavy atom. The molecule has 1 heterocycles. The summed E-state index contributed by atoms with van der Waals surface area (Å²) in [7, 11) is 0. The lowest BCUT2D eigenvalue weighted by molar-refractivity contribution is -0.132. The van der Waals surface area contributed by atoms with Crippen LogP contribution in [-0.2, 0) is 16.1 Å². The molecule has 2 rings (SSSR count). The highest BCUT2D eigenvalue weighted by molar-refractivity contribution is 5.80. The lowest BCUT2D eigenvalue weighted by atomic mass is 10.3. The molecule has 1 aliphatic carbocycles. The van der Waals surface area contributed by atoms with Gasteiger partial charge in [-0.15, -0.1) is 0 Å². The van der Waals surface area contributed by atoms with Crippen LogP contribution in [0.15, 0.2) is 29.2 Å². The normalized spacial score (nSPS) is 15.7. The number of hydrogen-bond acceptors (Lipinski definition) is 3. The van der Waals surface area contributed by atoms with Crippen LogP contribution >= 0.6 is 0 Å². The van der Waals surface area contributed by atoms with Crippen molar-refractivity contribution in [1.29, 1.82) is 0 Å². The highest BCUT2D eigenvalue weighted by Crippen LogP contribution is 2.29. The quantitative estimate of drug-likeness (QED) is 0.703. The molecule has 1 fully saturated rings. The van der Waals surface area contributed by atoms with Gasteiger partial charge < -0.3 is 14.6 Å². The number of carbonyl (C=O) groups excluding carboxylic acids is 1. The molecule has 116 valence electrons. The van der Waals surface area contributed by atoms with E-state index < -0.39 is 0 Å². The lowest BCUT2D eigenvalue weighted by Gasteiger charge is -2.13. The number of ether oxygens (including phenoxy) is 1. The molecule has 5 heteroatoms. The van der Waals surface area contributed by atoms with Crippen LogP contribution in [0.1, 0.15) is 32.6 Å². The Kier molecular flexibility index (Phi) is 5.99. The molecular weight excluding hydrogens is 268 g/mol. The van der Waals surface area contributed by atoms with E-state index in [0.717, 1.165) is 12.8 Å². The van der Waals surface area contributed by atoms with E-state index in [9.17, 15) is 9.59 Å². The van der Waals surface area contributed by atoms with E-state index in [4.69, 9.17) is 4.74 Å². The first-order valence-corrected chi connectivity index (χ1v) is 7.71. The first-order chi connectivity index (χ1) is 10.2. The zero-order valence-corrected chi connectivity index (χ0v) is 12.6. The summed E-state index contributed by atoms with van der Waals surface area (Å²) in [5.74, 6) is 0.622. The standard InChI is InChI=1S/C16H24N2O3/c1-13(21-12-14-7-8-14)16(20)17-9-3-5-11-18-10-4-2-6-15(18)19/h2,4,6,10,13-14H,3,5,7-9,11-12H2,1H3,(H,17,20). The second-order valence-electron chi connectivity index (χ2n) is 5.65. The second-order valence-corrected chi connectivity index (χ2v) is 5.65. The summed E-state index contributed by atoms with van der Waals surface area (Å²) in [6.45, 7) is 3.80. The Hall–Kier alpha value is -1.62. The van der Waals surface area contributed by atoms with Crippen molar-refractivity contribution in [3.05, 3.63) is 34.7 Å². The largest absolute Gasteiger partial charge is 0.368 e. The van der Waals surface area contributed by atoms with E-state index in [1.807, 2.05) is 6.07 Å². The van der Waals surface area contributed by atoms with Crippen LogP contribution in [0.25, 0.3) is 0 Å². The number of pyridine rings is 1. The van der Waals surface area contributed by atoms with Gasteiger partial charge in [0.25, 0.3) is 0 Å². The predicted molar refractivity (Wildman–Crippen MR) is 81.1 cm³/mol. The van der Waals surface area contributed by atoms with Gasteiger partial charge in [-0.3, -0.25) is 9.59 Å². The van der Waals surface area contributed by atoms with Crippen molar-refractivity contribution in [2.75, 3.05) is 13.2 Å². The molecule has 1 atom stereocenters. The van der Waals surface area contributed by atoms with Gasteiger partial charge in [0, 0.05) is 25.4 Å². The van der Waals surface area contributed by atoms with Crippen LogP contribution in [0.3, 0.4) is 0 Å². The van der Waals surface area contributed by atoms with Gasteiger partial charge in [0.2, 0.25) is 11.5 Å². The first kappa shape index (κ1) is 15.8. The van der Waals surface area contributed by atoms with Crippen LogP contribution in [-0.4, -0.2) is 29.7 Å². The fourth-order valence-corrected chi connectivity index (χ4v) is 2.05. The van der Waals surface area contributed by atoms with Gasteiger partial charge in [0.05, 0.1) is 6.61 Å². The molecule has 1 N–H and O–H groups in total. The molecule has 1 saturated carbocycles. The molecule has 1 unspecified atom stereocenters. The van der Waals surface area contributed by atoms with Crippen molar-refractivity contribution in [2.24, 2.45) is 5.92 Å². The molecule has 0 bridgehead atoms. The third-order valence-electron chi connectivity index (χ3n) is 3.67. The molecule has 0 radical (unpaired) electrons. The summed E-state index contributed by atoms with van der Waals surface area (Å²) < 4.78 is 7.20. The Balaban J connectivity index is 1.55. The van der Waals surface area contributed by atoms with Crippen LogP contribution in [0, 0.1) is 5.92 Å². The number of aromatic nitrogens is 1. The van der Waals surface area contributed by atoms with Gasteiger partial charge in [-0.05, 0) is 44.6 Å². The molecule has 1 aromatic rings. The smallest absolute Gasteiger partial charge is 0.250 e. The van der Waals surface area contributed by atoms with Crippen LogP contribution in [0.2, 0.25) is 0 Å². The molecule has 0 spiro atoms. The molecule has 0 aromatic carbocycles. The van der Waals surface area contributed by atoms with Gasteiger partial charge in [0.15, 0.2) is 0 Å². The number of hydrogen-bond donors (Lipinski definition) is 1. The monoisotopic (exact) mass is 292 g/mol. The fraction of sp³-hybridized carbons (Fsp3) is 0.625. The minimum atomic E-state index is -0.373. The predicted octanol–water partition coefficient (Wildman–Crippen LogP) is 1.56. The number of unbranched alkanes of at least 4 members (excludes halogenated alkanes) is 1. The van der Waals surface area contributed by atoms with E-state index in [1.54, 1.807) is 29.8 Å². The molecule has 1 aliphatic rings. The van der Waals surface area contributed by atoms with Gasteiger partial charge >= 0.3 is 0 Å². The van der Waals surface area contributed by atoms with Gasteiger partial charge in [0.1, 0.15) is 6.10 Å². The average Bonchev–Trinajstić information content (AvgIpc) is 3.30. The number of nitrogens with one attached hydrogen (secondary N) is 1. The van der Waals surface area contributed by atoms with Crippen LogP contribution in [0.5, 0.6) is 0 Å². The van der Waals surface area contributed by atoms with E-state index in [2.05, 4.69) is 5.32 Å².